The van der Waals surface area contributed by atoms with Crippen molar-refractivity contribution in [2.24, 2.45) is 0 Å². The van der Waals surface area contributed by atoms with E-state index < -0.39 is 6.10 Å². The number of aliphatic hydroxyl groups excluding tert-OH is 1. The van der Waals surface area contributed by atoms with Crippen LogP contribution in [0.15, 0.2) is 41.6 Å². The van der Waals surface area contributed by atoms with Gasteiger partial charge in [-0.2, -0.15) is 0 Å². The van der Waals surface area contributed by atoms with Gasteiger partial charge >= 0.3 is 0 Å². The van der Waals surface area contributed by atoms with Crippen LogP contribution < -0.4 is 5.32 Å². The third kappa shape index (κ3) is 2.88. The van der Waals surface area contributed by atoms with Crippen LogP contribution in [0.25, 0.3) is 0 Å². The quantitative estimate of drug-likeness (QED) is 0.804. The smallest absolute Gasteiger partial charge is 0.271 e. The van der Waals surface area contributed by atoms with Gasteiger partial charge in [0.15, 0.2) is 0 Å². The van der Waals surface area contributed by atoms with Crippen LogP contribution in [-0.4, -0.2) is 27.5 Å². The van der Waals surface area contributed by atoms with E-state index in [1.807, 2.05) is 0 Å². The van der Waals surface area contributed by atoms with Crippen molar-refractivity contribution >= 4 is 5.91 Å². The molecule has 2 heterocycles. The van der Waals surface area contributed by atoms with Crippen molar-refractivity contribution in [1.29, 1.82) is 0 Å². The molecule has 2 N–H and O–H groups in total. The van der Waals surface area contributed by atoms with Gasteiger partial charge in [0.05, 0.1) is 24.8 Å². The number of aliphatic hydroxyl groups is 1. The number of furan rings is 1. The van der Waals surface area contributed by atoms with Crippen LogP contribution in [0.2, 0.25) is 0 Å². The van der Waals surface area contributed by atoms with Gasteiger partial charge in [-0.05, 0) is 6.07 Å². The van der Waals surface area contributed by atoms with E-state index in [9.17, 15) is 9.90 Å². The van der Waals surface area contributed by atoms with Gasteiger partial charge in [0, 0.05) is 24.5 Å². The lowest BCUT2D eigenvalue weighted by molar-refractivity contribution is 0.0910. The molecule has 6 nitrogen and oxygen atoms in total. The predicted molar refractivity (Wildman–Crippen MR) is 58.0 cm³/mol. The molecule has 0 spiro atoms. The first-order valence-electron chi connectivity index (χ1n) is 5.02. The molecule has 2 aromatic heterocycles. The fourth-order valence-electron chi connectivity index (χ4n) is 1.28. The van der Waals surface area contributed by atoms with E-state index in [0.717, 1.165) is 0 Å². The van der Waals surface area contributed by atoms with Crippen molar-refractivity contribution in [2.75, 3.05) is 6.54 Å². The number of carbonyl (C=O) groups is 1. The van der Waals surface area contributed by atoms with E-state index >= 15 is 0 Å². The highest BCUT2D eigenvalue weighted by molar-refractivity contribution is 5.91. The topological polar surface area (TPSA) is 88.2 Å². The molecule has 2 rings (SSSR count). The second kappa shape index (κ2) is 5.22. The van der Waals surface area contributed by atoms with Crippen LogP contribution in [-0.2, 0) is 0 Å². The van der Waals surface area contributed by atoms with Gasteiger partial charge in [-0.25, -0.2) is 4.98 Å². The summed E-state index contributed by atoms with van der Waals surface area (Å²) in [5.74, 6) is -0.374. The van der Waals surface area contributed by atoms with Crippen molar-refractivity contribution in [3.05, 3.63) is 48.4 Å². The lowest BCUT2D eigenvalue weighted by Crippen LogP contribution is -2.28. The molecule has 0 saturated carbocycles. The van der Waals surface area contributed by atoms with Gasteiger partial charge in [-0.3, -0.25) is 9.78 Å². The Morgan fingerprint density at radius 3 is 3.06 bits per heavy atom. The van der Waals surface area contributed by atoms with E-state index in [1.54, 1.807) is 6.07 Å². The number of nitrogens with one attached hydrogen (secondary N) is 1. The van der Waals surface area contributed by atoms with Gasteiger partial charge in [0.25, 0.3) is 5.91 Å². The van der Waals surface area contributed by atoms with E-state index in [-0.39, 0.29) is 18.1 Å². The number of aromatic nitrogens is 2. The molecule has 0 aliphatic heterocycles. The summed E-state index contributed by atoms with van der Waals surface area (Å²) < 4.78 is 4.83. The van der Waals surface area contributed by atoms with Gasteiger partial charge in [-0.1, -0.05) is 0 Å². The Morgan fingerprint density at radius 1 is 1.53 bits per heavy atom. The zero-order valence-corrected chi connectivity index (χ0v) is 8.91. The standard InChI is InChI=1S/C11H11N3O3/c15-10(8-1-4-17-7-8)6-14-11(16)9-5-12-2-3-13-9/h1-5,7,10,15H,6H2,(H,14,16)/t10-/m0/s1. The minimum atomic E-state index is -0.797. The molecular formula is C11H11N3O3. The Balaban J connectivity index is 1.89. The van der Waals surface area contributed by atoms with E-state index in [1.165, 1.54) is 31.1 Å². The molecule has 0 aliphatic rings. The molecule has 1 amide bonds. The van der Waals surface area contributed by atoms with Crippen molar-refractivity contribution in [2.45, 2.75) is 6.10 Å². The monoisotopic (exact) mass is 233 g/mol. The second-order valence-electron chi connectivity index (χ2n) is 3.37. The molecule has 0 aliphatic carbocycles. The Labute approximate surface area is 97.3 Å². The maximum absolute atomic E-state index is 11.6. The average Bonchev–Trinajstić information content (AvgIpc) is 2.90. The Bertz CT molecular complexity index is 470. The van der Waals surface area contributed by atoms with Gasteiger partial charge in [0.2, 0.25) is 0 Å². The second-order valence-corrected chi connectivity index (χ2v) is 3.37. The molecule has 6 heteroatoms. The summed E-state index contributed by atoms with van der Waals surface area (Å²) in [4.78, 5) is 19.2. The van der Waals surface area contributed by atoms with Crippen LogP contribution in [0, 0.1) is 0 Å². The Morgan fingerprint density at radius 2 is 2.41 bits per heavy atom. The minimum Gasteiger partial charge on any atom is -0.472 e. The maximum atomic E-state index is 11.6. The van der Waals surface area contributed by atoms with Crippen LogP contribution in [0.5, 0.6) is 0 Å². The summed E-state index contributed by atoms with van der Waals surface area (Å²) in [6, 6.07) is 1.64. The lowest BCUT2D eigenvalue weighted by Gasteiger charge is -2.09. The highest BCUT2D eigenvalue weighted by Gasteiger charge is 2.12. The molecular weight excluding hydrogens is 222 g/mol. The number of hydrogen-bond donors (Lipinski definition) is 2. The van der Waals surface area contributed by atoms with Crippen molar-refractivity contribution in [1.82, 2.24) is 15.3 Å². The largest absolute Gasteiger partial charge is 0.472 e. The molecule has 0 saturated heterocycles. The molecule has 17 heavy (non-hydrogen) atoms. The normalized spacial score (nSPS) is 12.1. The molecule has 1 atom stereocenters. The average molecular weight is 233 g/mol. The fourth-order valence-corrected chi connectivity index (χ4v) is 1.28. The summed E-state index contributed by atoms with van der Waals surface area (Å²) in [5.41, 5.74) is 0.830. The predicted octanol–water partition coefficient (Wildman–Crippen LogP) is 0.533. The first-order valence-corrected chi connectivity index (χ1v) is 5.02. The Kier molecular flexibility index (Phi) is 3.46. The van der Waals surface area contributed by atoms with Crippen LogP contribution in [0.4, 0.5) is 0 Å². The van der Waals surface area contributed by atoms with E-state index in [4.69, 9.17) is 4.42 Å². The third-order valence-electron chi connectivity index (χ3n) is 2.18. The molecule has 88 valence electrons. The first kappa shape index (κ1) is 11.3. The molecule has 0 fully saturated rings. The zero-order valence-electron chi connectivity index (χ0n) is 8.91. The third-order valence-corrected chi connectivity index (χ3v) is 2.18. The highest BCUT2D eigenvalue weighted by atomic mass is 16.3. The molecule has 0 unspecified atom stereocenters. The van der Waals surface area contributed by atoms with Gasteiger partial charge in [-0.15, -0.1) is 0 Å². The maximum Gasteiger partial charge on any atom is 0.271 e. The number of nitrogens with zero attached hydrogens (tertiary/aromatic N) is 2. The van der Waals surface area contributed by atoms with Crippen LogP contribution in [0.1, 0.15) is 22.2 Å². The first-order chi connectivity index (χ1) is 8.27. The highest BCUT2D eigenvalue weighted by Crippen LogP contribution is 2.11. The molecule has 0 bridgehead atoms. The molecule has 0 aromatic carbocycles. The van der Waals surface area contributed by atoms with E-state index in [2.05, 4.69) is 15.3 Å². The van der Waals surface area contributed by atoms with Crippen molar-refractivity contribution in [3.8, 4) is 0 Å². The fraction of sp³-hybridized carbons (Fsp3) is 0.182. The summed E-state index contributed by atoms with van der Waals surface area (Å²) in [6.07, 6.45) is 6.37. The molecule has 2 aromatic rings. The summed E-state index contributed by atoms with van der Waals surface area (Å²) in [7, 11) is 0. The minimum absolute atomic E-state index is 0.0922. The molecule has 0 radical (unpaired) electrons. The van der Waals surface area contributed by atoms with E-state index in [0.29, 0.717) is 5.56 Å². The summed E-state index contributed by atoms with van der Waals surface area (Å²) >= 11 is 0. The SMILES string of the molecule is O=C(NC[C@H](O)c1ccoc1)c1cnccn1. The Hall–Kier alpha value is -2.21. The number of rotatable bonds is 4. The summed E-state index contributed by atoms with van der Waals surface area (Å²) in [6.45, 7) is 0.0922. The van der Waals surface area contributed by atoms with Crippen LogP contribution >= 0.6 is 0 Å². The van der Waals surface area contributed by atoms with Gasteiger partial charge in [0.1, 0.15) is 5.69 Å². The number of amides is 1. The summed E-state index contributed by atoms with van der Waals surface area (Å²) in [5, 5.41) is 12.2. The lowest BCUT2D eigenvalue weighted by atomic mass is 10.2. The van der Waals surface area contributed by atoms with Crippen molar-refractivity contribution in [3.63, 3.8) is 0 Å². The zero-order chi connectivity index (χ0) is 12.1. The number of hydrogen-bond acceptors (Lipinski definition) is 5. The van der Waals surface area contributed by atoms with Gasteiger partial charge < -0.3 is 14.8 Å². The van der Waals surface area contributed by atoms with Crippen LogP contribution in [0.3, 0.4) is 0 Å². The van der Waals surface area contributed by atoms with Crippen molar-refractivity contribution < 1.29 is 14.3 Å². The number of carbonyl (C=O) groups excluding carboxylic acids is 1.